The van der Waals surface area contributed by atoms with Gasteiger partial charge in [0.2, 0.25) is 0 Å². The van der Waals surface area contributed by atoms with Gasteiger partial charge in [0.15, 0.2) is 0 Å². The third-order valence-electron chi connectivity index (χ3n) is 4.62. The maximum Gasteiger partial charge on any atom is 0.330 e. The summed E-state index contributed by atoms with van der Waals surface area (Å²) in [6.07, 6.45) is 1.37. The lowest BCUT2D eigenvalue weighted by atomic mass is 10.1. The summed E-state index contributed by atoms with van der Waals surface area (Å²) in [6.45, 7) is 1.79. The molecule has 0 spiro atoms. The van der Waals surface area contributed by atoms with Gasteiger partial charge in [0.05, 0.1) is 29.3 Å². The molecule has 0 saturated heterocycles. The third kappa shape index (κ3) is 3.64. The molecule has 0 aliphatic rings. The molecule has 0 fully saturated rings. The quantitative estimate of drug-likeness (QED) is 0.584. The Labute approximate surface area is 159 Å². The molecule has 0 bridgehead atoms. The SMILES string of the molecule is Cc1cccc2c(=O)n(CCC(=O)OCc3cc(=O)n(C)c(=O)n3C)cnc12. The molecule has 9 nitrogen and oxygen atoms in total. The van der Waals surface area contributed by atoms with Crippen molar-refractivity contribution in [3.63, 3.8) is 0 Å². The second kappa shape index (κ2) is 7.63. The molecular formula is C19H20N4O5. The van der Waals surface area contributed by atoms with Gasteiger partial charge in [-0.2, -0.15) is 0 Å². The molecule has 9 heteroatoms. The fourth-order valence-electron chi connectivity index (χ4n) is 2.85. The maximum absolute atomic E-state index is 12.5. The zero-order valence-corrected chi connectivity index (χ0v) is 15.8. The van der Waals surface area contributed by atoms with Crippen LogP contribution in [0.5, 0.6) is 0 Å². The molecule has 0 amide bonds. The Bertz CT molecular complexity index is 1240. The van der Waals surface area contributed by atoms with Crippen molar-refractivity contribution < 1.29 is 9.53 Å². The van der Waals surface area contributed by atoms with E-state index < -0.39 is 17.2 Å². The Morgan fingerprint density at radius 3 is 2.64 bits per heavy atom. The lowest BCUT2D eigenvalue weighted by Gasteiger charge is -2.11. The van der Waals surface area contributed by atoms with Crippen molar-refractivity contribution in [1.82, 2.24) is 18.7 Å². The van der Waals surface area contributed by atoms with Crippen molar-refractivity contribution in [2.45, 2.75) is 26.5 Å². The van der Waals surface area contributed by atoms with Gasteiger partial charge < -0.3 is 4.74 Å². The number of carbonyl (C=O) groups excluding carboxylic acids is 1. The Hall–Kier alpha value is -3.49. The smallest absolute Gasteiger partial charge is 0.330 e. The van der Waals surface area contributed by atoms with Gasteiger partial charge in [0.25, 0.3) is 11.1 Å². The van der Waals surface area contributed by atoms with Gasteiger partial charge >= 0.3 is 11.7 Å². The second-order valence-electron chi connectivity index (χ2n) is 6.50. The normalized spacial score (nSPS) is 11.0. The Morgan fingerprint density at radius 2 is 1.89 bits per heavy atom. The van der Waals surface area contributed by atoms with Crippen LogP contribution < -0.4 is 16.8 Å². The number of carbonyl (C=O) groups is 1. The zero-order chi connectivity index (χ0) is 20.4. The molecule has 3 aromatic rings. The van der Waals surface area contributed by atoms with Crippen LogP contribution in [0.4, 0.5) is 0 Å². The van der Waals surface area contributed by atoms with E-state index in [1.807, 2.05) is 13.0 Å². The molecule has 0 saturated carbocycles. The standard InChI is InChI=1S/C19H20N4O5/c1-12-5-4-6-14-17(12)20-11-23(18(14)26)8-7-16(25)28-10-13-9-15(24)22(3)19(27)21(13)2/h4-6,9,11H,7-8,10H2,1-3H3. The molecule has 0 aliphatic carbocycles. The van der Waals surface area contributed by atoms with Crippen molar-refractivity contribution in [3.05, 3.63) is 73.0 Å². The molecule has 0 radical (unpaired) electrons. The van der Waals surface area contributed by atoms with Crippen LogP contribution >= 0.6 is 0 Å². The second-order valence-corrected chi connectivity index (χ2v) is 6.50. The number of hydrogen-bond acceptors (Lipinski definition) is 6. The number of ether oxygens (including phenoxy) is 1. The van der Waals surface area contributed by atoms with E-state index in [2.05, 4.69) is 4.98 Å². The fourth-order valence-corrected chi connectivity index (χ4v) is 2.85. The lowest BCUT2D eigenvalue weighted by molar-refractivity contribution is -0.145. The maximum atomic E-state index is 12.5. The number of esters is 1. The van der Waals surface area contributed by atoms with Gasteiger partial charge in [-0.3, -0.25) is 28.1 Å². The summed E-state index contributed by atoms with van der Waals surface area (Å²) in [4.78, 5) is 52.4. The number of rotatable bonds is 5. The predicted molar refractivity (Wildman–Crippen MR) is 102 cm³/mol. The predicted octanol–water partition coefficient (Wildman–Crippen LogP) is 0.236. The highest BCUT2D eigenvalue weighted by molar-refractivity contribution is 5.80. The lowest BCUT2D eigenvalue weighted by Crippen LogP contribution is -2.38. The van der Waals surface area contributed by atoms with Crippen molar-refractivity contribution in [2.75, 3.05) is 0 Å². The van der Waals surface area contributed by atoms with E-state index in [0.29, 0.717) is 16.6 Å². The Kier molecular flexibility index (Phi) is 5.25. The Morgan fingerprint density at radius 1 is 1.14 bits per heavy atom. The summed E-state index contributed by atoms with van der Waals surface area (Å²) < 4.78 is 8.71. The minimum atomic E-state index is -0.552. The van der Waals surface area contributed by atoms with E-state index in [1.54, 1.807) is 12.1 Å². The van der Waals surface area contributed by atoms with Crippen LogP contribution in [0.2, 0.25) is 0 Å². The topological polar surface area (TPSA) is 105 Å². The van der Waals surface area contributed by atoms with E-state index in [4.69, 9.17) is 4.74 Å². The van der Waals surface area contributed by atoms with E-state index in [9.17, 15) is 19.2 Å². The number of benzene rings is 1. The largest absolute Gasteiger partial charge is 0.459 e. The number of aromatic nitrogens is 4. The summed E-state index contributed by atoms with van der Waals surface area (Å²) in [5, 5.41) is 0.492. The molecule has 0 N–H and O–H groups in total. The van der Waals surface area contributed by atoms with Gasteiger partial charge in [-0.25, -0.2) is 9.78 Å². The molecule has 28 heavy (non-hydrogen) atoms. The third-order valence-corrected chi connectivity index (χ3v) is 4.62. The summed E-state index contributed by atoms with van der Waals surface area (Å²) in [7, 11) is 2.87. The summed E-state index contributed by atoms with van der Waals surface area (Å²) in [6, 6.07) is 6.60. The molecule has 0 aliphatic heterocycles. The first-order chi connectivity index (χ1) is 13.3. The molecule has 2 heterocycles. The minimum absolute atomic E-state index is 0.0439. The van der Waals surface area contributed by atoms with E-state index in [1.165, 1.54) is 35.6 Å². The van der Waals surface area contributed by atoms with Crippen molar-refractivity contribution >= 4 is 16.9 Å². The van der Waals surface area contributed by atoms with Gasteiger partial charge in [-0.1, -0.05) is 12.1 Å². The molecule has 0 atom stereocenters. The van der Waals surface area contributed by atoms with Crippen molar-refractivity contribution in [1.29, 1.82) is 0 Å². The first-order valence-electron chi connectivity index (χ1n) is 8.66. The summed E-state index contributed by atoms with van der Waals surface area (Å²) in [5.74, 6) is -0.552. The van der Waals surface area contributed by atoms with Crippen LogP contribution in [0.25, 0.3) is 10.9 Å². The average Bonchev–Trinajstić information content (AvgIpc) is 2.68. The van der Waals surface area contributed by atoms with Crippen LogP contribution in [0.15, 0.2) is 45.0 Å². The number of hydrogen-bond donors (Lipinski definition) is 0. The average molecular weight is 384 g/mol. The number of nitrogens with zero attached hydrogens (tertiary/aromatic N) is 4. The van der Waals surface area contributed by atoms with E-state index in [-0.39, 0.29) is 25.1 Å². The fraction of sp³-hybridized carbons (Fsp3) is 0.316. The monoisotopic (exact) mass is 384 g/mol. The van der Waals surface area contributed by atoms with E-state index in [0.717, 1.165) is 10.1 Å². The van der Waals surface area contributed by atoms with Crippen molar-refractivity contribution in [3.8, 4) is 0 Å². The van der Waals surface area contributed by atoms with Gasteiger partial charge in [-0.05, 0) is 18.6 Å². The highest BCUT2D eigenvalue weighted by Gasteiger charge is 2.11. The van der Waals surface area contributed by atoms with Gasteiger partial charge in [0, 0.05) is 26.7 Å². The van der Waals surface area contributed by atoms with E-state index >= 15 is 0 Å². The number of para-hydroxylation sites is 1. The minimum Gasteiger partial charge on any atom is -0.459 e. The van der Waals surface area contributed by atoms with Gasteiger partial charge in [0.1, 0.15) is 6.61 Å². The van der Waals surface area contributed by atoms with Crippen LogP contribution in [0.3, 0.4) is 0 Å². The van der Waals surface area contributed by atoms with Crippen LogP contribution in [-0.2, 0) is 36.8 Å². The number of fused-ring (bicyclic) bond motifs is 1. The first-order valence-corrected chi connectivity index (χ1v) is 8.66. The molecule has 1 aromatic carbocycles. The molecule has 146 valence electrons. The highest BCUT2D eigenvalue weighted by Crippen LogP contribution is 2.11. The molecule has 0 unspecified atom stereocenters. The van der Waals surface area contributed by atoms with Crippen LogP contribution in [0, 0.1) is 6.92 Å². The first kappa shape index (κ1) is 19.3. The van der Waals surface area contributed by atoms with Crippen molar-refractivity contribution in [2.24, 2.45) is 14.1 Å². The van der Waals surface area contributed by atoms with Crippen LogP contribution in [-0.4, -0.2) is 24.7 Å². The Balaban J connectivity index is 1.68. The highest BCUT2D eigenvalue weighted by atomic mass is 16.5. The summed E-state index contributed by atoms with van der Waals surface area (Å²) in [5.41, 5.74) is 0.636. The molecule has 2 aromatic heterocycles. The van der Waals surface area contributed by atoms with Crippen LogP contribution in [0.1, 0.15) is 17.7 Å². The molecular weight excluding hydrogens is 364 g/mol. The number of aryl methyl sites for hydroxylation is 2. The van der Waals surface area contributed by atoms with Gasteiger partial charge in [-0.15, -0.1) is 0 Å². The molecule has 3 rings (SSSR count). The zero-order valence-electron chi connectivity index (χ0n) is 15.8. The summed E-state index contributed by atoms with van der Waals surface area (Å²) >= 11 is 0.